The first-order chi connectivity index (χ1) is 5.95. The Balaban J connectivity index is 3.56. The number of aryl methyl sites for hydroxylation is 1. The number of hydrogen-bond acceptors (Lipinski definition) is 1. The zero-order valence-corrected chi connectivity index (χ0v) is 8.70. The van der Waals surface area contributed by atoms with Gasteiger partial charge < -0.3 is 5.11 Å². The summed E-state index contributed by atoms with van der Waals surface area (Å²) in [4.78, 5) is 10.8. The third kappa shape index (κ3) is 1.79. The summed E-state index contributed by atoms with van der Waals surface area (Å²) in [5.74, 6) is -1.05. The lowest BCUT2D eigenvalue weighted by Crippen LogP contribution is -2.02. The zero-order valence-electron chi connectivity index (χ0n) is 7.19. The minimum absolute atomic E-state index is 0.0895. The maximum Gasteiger partial charge on any atom is 0.337 e. The molecule has 0 spiro atoms. The van der Waals surface area contributed by atoms with E-state index in [1.54, 1.807) is 19.9 Å². The second-order valence-electron chi connectivity index (χ2n) is 2.79. The van der Waals surface area contributed by atoms with Crippen LogP contribution in [0.1, 0.15) is 21.5 Å². The summed E-state index contributed by atoms with van der Waals surface area (Å²) in [6.45, 7) is 3.50. The van der Waals surface area contributed by atoms with Crippen molar-refractivity contribution in [1.29, 1.82) is 0 Å². The lowest BCUT2D eigenvalue weighted by Gasteiger charge is -2.08. The molecule has 0 aromatic heterocycles. The van der Waals surface area contributed by atoms with E-state index >= 15 is 0 Å². The van der Waals surface area contributed by atoms with E-state index in [0.717, 1.165) is 5.56 Å². The second kappa shape index (κ2) is 3.56. The van der Waals surface area contributed by atoms with Crippen LogP contribution in [0.3, 0.4) is 0 Å². The third-order valence-corrected chi connectivity index (χ3v) is 2.74. The molecule has 0 saturated carbocycles. The monoisotopic (exact) mass is 218 g/mol. The second-order valence-corrected chi connectivity index (χ2v) is 3.58. The van der Waals surface area contributed by atoms with Crippen LogP contribution < -0.4 is 0 Å². The molecule has 0 radical (unpaired) electrons. The van der Waals surface area contributed by atoms with Crippen molar-refractivity contribution < 1.29 is 9.90 Å². The first-order valence-corrected chi connectivity index (χ1v) is 4.39. The standard InChI is InChI=1S/C9H8Cl2O2/c1-4-3-6(10)8(11)7(5(4)2)9(12)13/h3H,1-2H3,(H,12,13). The Hall–Kier alpha value is -0.730. The number of hydrogen-bond donors (Lipinski definition) is 1. The summed E-state index contributed by atoms with van der Waals surface area (Å²) in [6.07, 6.45) is 0. The van der Waals surface area contributed by atoms with Gasteiger partial charge in [-0.15, -0.1) is 0 Å². The van der Waals surface area contributed by atoms with Crippen molar-refractivity contribution in [2.24, 2.45) is 0 Å². The van der Waals surface area contributed by atoms with Crippen LogP contribution in [0.2, 0.25) is 10.0 Å². The largest absolute Gasteiger partial charge is 0.478 e. The molecule has 13 heavy (non-hydrogen) atoms. The van der Waals surface area contributed by atoms with Gasteiger partial charge in [-0.2, -0.15) is 0 Å². The normalized spacial score (nSPS) is 10.2. The number of rotatable bonds is 1. The zero-order chi connectivity index (χ0) is 10.2. The van der Waals surface area contributed by atoms with Crippen LogP contribution in [-0.4, -0.2) is 11.1 Å². The van der Waals surface area contributed by atoms with Gasteiger partial charge in [-0.3, -0.25) is 0 Å². The highest BCUT2D eigenvalue weighted by Crippen LogP contribution is 2.30. The van der Waals surface area contributed by atoms with Crippen molar-refractivity contribution in [3.63, 3.8) is 0 Å². The summed E-state index contributed by atoms with van der Waals surface area (Å²) in [5, 5.41) is 9.24. The van der Waals surface area contributed by atoms with Gasteiger partial charge in [0.15, 0.2) is 0 Å². The van der Waals surface area contributed by atoms with E-state index in [0.29, 0.717) is 5.56 Å². The summed E-state index contributed by atoms with van der Waals surface area (Å²) in [7, 11) is 0. The molecule has 0 aliphatic rings. The Labute approximate surface area is 86.1 Å². The lowest BCUT2D eigenvalue weighted by molar-refractivity contribution is 0.0696. The molecule has 0 aliphatic heterocycles. The summed E-state index contributed by atoms with van der Waals surface area (Å²) >= 11 is 11.5. The number of aromatic carboxylic acids is 1. The van der Waals surface area contributed by atoms with Gasteiger partial charge >= 0.3 is 5.97 Å². The molecule has 0 aliphatic carbocycles. The third-order valence-electron chi connectivity index (χ3n) is 1.95. The van der Waals surface area contributed by atoms with E-state index in [-0.39, 0.29) is 15.6 Å². The molecule has 1 aromatic rings. The van der Waals surface area contributed by atoms with Crippen LogP contribution >= 0.6 is 23.2 Å². The molecule has 2 nitrogen and oxygen atoms in total. The Kier molecular flexibility index (Phi) is 2.84. The summed E-state index contributed by atoms with van der Waals surface area (Å²) in [6, 6.07) is 1.66. The van der Waals surface area contributed by atoms with E-state index in [1.165, 1.54) is 0 Å². The molecule has 4 heteroatoms. The molecular weight excluding hydrogens is 211 g/mol. The van der Waals surface area contributed by atoms with E-state index in [1.807, 2.05) is 0 Å². The van der Waals surface area contributed by atoms with Crippen LogP contribution in [-0.2, 0) is 0 Å². The van der Waals surface area contributed by atoms with E-state index in [9.17, 15) is 4.79 Å². The molecule has 0 bridgehead atoms. The highest BCUT2D eigenvalue weighted by atomic mass is 35.5. The maximum absolute atomic E-state index is 10.8. The fourth-order valence-electron chi connectivity index (χ4n) is 1.10. The Bertz CT molecular complexity index is 346. The first kappa shape index (κ1) is 10.4. The van der Waals surface area contributed by atoms with E-state index in [4.69, 9.17) is 28.3 Å². The van der Waals surface area contributed by atoms with Gasteiger partial charge in [0.2, 0.25) is 0 Å². The topological polar surface area (TPSA) is 37.3 Å². The quantitative estimate of drug-likeness (QED) is 0.786. The van der Waals surface area contributed by atoms with Crippen molar-refractivity contribution in [3.8, 4) is 0 Å². The fraction of sp³-hybridized carbons (Fsp3) is 0.222. The molecule has 70 valence electrons. The maximum atomic E-state index is 10.8. The minimum atomic E-state index is -1.05. The average Bonchev–Trinajstić information content (AvgIpc) is 2.01. The number of carbonyl (C=O) groups is 1. The number of carboxylic acid groups (broad SMARTS) is 1. The number of benzene rings is 1. The molecule has 1 N–H and O–H groups in total. The molecule has 1 rings (SSSR count). The summed E-state index contributed by atoms with van der Waals surface area (Å²) < 4.78 is 0. The first-order valence-electron chi connectivity index (χ1n) is 3.63. The van der Waals surface area contributed by atoms with E-state index in [2.05, 4.69) is 0 Å². The van der Waals surface area contributed by atoms with Crippen LogP contribution in [0.5, 0.6) is 0 Å². The van der Waals surface area contributed by atoms with Crippen molar-refractivity contribution in [3.05, 3.63) is 32.8 Å². The molecule has 1 aromatic carbocycles. The van der Waals surface area contributed by atoms with E-state index < -0.39 is 5.97 Å². The highest BCUT2D eigenvalue weighted by Gasteiger charge is 2.16. The van der Waals surface area contributed by atoms with Gasteiger partial charge in [0.25, 0.3) is 0 Å². The van der Waals surface area contributed by atoms with Gasteiger partial charge in [0.05, 0.1) is 15.6 Å². The SMILES string of the molecule is Cc1cc(Cl)c(Cl)c(C(=O)O)c1C. The molecule has 0 fully saturated rings. The van der Waals surface area contributed by atoms with Gasteiger partial charge in [-0.1, -0.05) is 23.2 Å². The minimum Gasteiger partial charge on any atom is -0.478 e. The molecule has 0 amide bonds. The van der Waals surface area contributed by atoms with Gasteiger partial charge in [-0.05, 0) is 31.0 Å². The van der Waals surface area contributed by atoms with Crippen molar-refractivity contribution in [1.82, 2.24) is 0 Å². The number of halogens is 2. The molecule has 0 unspecified atom stereocenters. The molecule has 0 heterocycles. The average molecular weight is 219 g/mol. The number of carboxylic acids is 1. The lowest BCUT2D eigenvalue weighted by atomic mass is 10.0. The van der Waals surface area contributed by atoms with Crippen LogP contribution in [0.25, 0.3) is 0 Å². The smallest absolute Gasteiger partial charge is 0.337 e. The highest BCUT2D eigenvalue weighted by molar-refractivity contribution is 6.43. The van der Waals surface area contributed by atoms with Gasteiger partial charge in [0, 0.05) is 0 Å². The molecular formula is C9H8Cl2O2. The van der Waals surface area contributed by atoms with Crippen LogP contribution in [0.15, 0.2) is 6.07 Å². The van der Waals surface area contributed by atoms with Gasteiger partial charge in [-0.25, -0.2) is 4.79 Å². The van der Waals surface area contributed by atoms with Crippen molar-refractivity contribution in [2.75, 3.05) is 0 Å². The Morgan fingerprint density at radius 2 is 1.92 bits per heavy atom. The predicted molar refractivity (Wildman–Crippen MR) is 52.9 cm³/mol. The Morgan fingerprint density at radius 3 is 2.38 bits per heavy atom. The van der Waals surface area contributed by atoms with Gasteiger partial charge in [0.1, 0.15) is 0 Å². The predicted octanol–water partition coefficient (Wildman–Crippen LogP) is 3.31. The molecule has 0 saturated heterocycles. The van der Waals surface area contributed by atoms with Crippen LogP contribution in [0, 0.1) is 13.8 Å². The van der Waals surface area contributed by atoms with Crippen molar-refractivity contribution >= 4 is 29.2 Å². The fourth-order valence-corrected chi connectivity index (χ4v) is 1.63. The summed E-state index contributed by atoms with van der Waals surface area (Å²) in [5.41, 5.74) is 1.57. The molecule has 0 atom stereocenters. The van der Waals surface area contributed by atoms with Crippen LogP contribution in [0.4, 0.5) is 0 Å². The van der Waals surface area contributed by atoms with Crippen molar-refractivity contribution in [2.45, 2.75) is 13.8 Å². The Morgan fingerprint density at radius 1 is 1.38 bits per heavy atom.